The molecule has 0 aliphatic heterocycles. The summed E-state index contributed by atoms with van der Waals surface area (Å²) >= 11 is 3.39. The van der Waals surface area contributed by atoms with Crippen LogP contribution in [0.1, 0.15) is 44.6 Å². The summed E-state index contributed by atoms with van der Waals surface area (Å²) in [5.41, 5.74) is 5.55. The van der Waals surface area contributed by atoms with Crippen LogP contribution in [0.15, 0.2) is 4.73 Å². The third-order valence-corrected chi connectivity index (χ3v) is 3.32. The van der Waals surface area contributed by atoms with E-state index in [1.165, 1.54) is 38.5 Å². The predicted octanol–water partition coefficient (Wildman–Crippen LogP) is 2.52. The summed E-state index contributed by atoms with van der Waals surface area (Å²) in [4.78, 5) is 4.06. The fraction of sp³-hybridized carbons (Fsp3) is 0.778. The van der Waals surface area contributed by atoms with Crippen molar-refractivity contribution in [2.45, 2.75) is 44.6 Å². The number of aromatic nitrogens is 3. The molecule has 1 heterocycles. The lowest BCUT2D eigenvalue weighted by atomic mass is 10.1. The number of hydrogen-bond donors (Lipinski definition) is 1. The van der Waals surface area contributed by atoms with Crippen molar-refractivity contribution in [3.05, 3.63) is 4.73 Å². The zero-order valence-corrected chi connectivity index (χ0v) is 9.70. The molecule has 1 fully saturated rings. The van der Waals surface area contributed by atoms with Crippen molar-refractivity contribution in [2.24, 2.45) is 0 Å². The molecule has 2 rings (SSSR count). The highest BCUT2D eigenvalue weighted by molar-refractivity contribution is 9.10. The summed E-state index contributed by atoms with van der Waals surface area (Å²) in [6.07, 6.45) is 7.66. The van der Waals surface area contributed by atoms with E-state index >= 15 is 0 Å². The Hall–Kier alpha value is -0.580. The third kappa shape index (κ3) is 2.08. The maximum Gasteiger partial charge on any atom is 0.240 e. The Morgan fingerprint density at radius 1 is 1.21 bits per heavy atom. The van der Waals surface area contributed by atoms with Gasteiger partial charge in [-0.25, -0.2) is 4.68 Å². The van der Waals surface area contributed by atoms with Gasteiger partial charge in [-0.15, -0.1) is 5.10 Å². The predicted molar refractivity (Wildman–Crippen MR) is 58.9 cm³/mol. The number of nitrogen functional groups attached to an aromatic ring is 1. The number of rotatable bonds is 1. The number of anilines is 1. The molecule has 2 N–H and O–H groups in total. The van der Waals surface area contributed by atoms with Gasteiger partial charge >= 0.3 is 0 Å². The topological polar surface area (TPSA) is 56.7 Å². The van der Waals surface area contributed by atoms with E-state index < -0.39 is 0 Å². The molecule has 1 saturated carbocycles. The lowest BCUT2D eigenvalue weighted by Crippen LogP contribution is -2.10. The van der Waals surface area contributed by atoms with Crippen molar-refractivity contribution >= 4 is 21.9 Å². The number of halogens is 1. The van der Waals surface area contributed by atoms with Gasteiger partial charge in [-0.1, -0.05) is 25.7 Å². The van der Waals surface area contributed by atoms with E-state index in [9.17, 15) is 0 Å². The molecule has 1 aliphatic rings. The van der Waals surface area contributed by atoms with Crippen LogP contribution >= 0.6 is 15.9 Å². The zero-order valence-electron chi connectivity index (χ0n) is 8.12. The first-order valence-electron chi connectivity index (χ1n) is 5.15. The fourth-order valence-corrected chi connectivity index (χ4v) is 2.60. The summed E-state index contributed by atoms with van der Waals surface area (Å²) in [7, 11) is 0. The summed E-state index contributed by atoms with van der Waals surface area (Å²) in [6, 6.07) is 0.483. The van der Waals surface area contributed by atoms with E-state index in [1.54, 1.807) is 0 Å². The molecule has 0 atom stereocenters. The average molecular weight is 259 g/mol. The van der Waals surface area contributed by atoms with Crippen LogP contribution in [0, 0.1) is 0 Å². The third-order valence-electron chi connectivity index (χ3n) is 2.78. The molecular weight excluding hydrogens is 244 g/mol. The van der Waals surface area contributed by atoms with Crippen LogP contribution in [-0.2, 0) is 0 Å². The largest absolute Gasteiger partial charge is 0.366 e. The Labute approximate surface area is 92.0 Å². The van der Waals surface area contributed by atoms with E-state index in [-0.39, 0.29) is 0 Å². The minimum Gasteiger partial charge on any atom is -0.366 e. The van der Waals surface area contributed by atoms with Crippen molar-refractivity contribution in [1.82, 2.24) is 14.8 Å². The molecule has 0 radical (unpaired) electrons. The molecule has 78 valence electrons. The zero-order chi connectivity index (χ0) is 9.97. The maximum absolute atomic E-state index is 5.55. The van der Waals surface area contributed by atoms with Crippen LogP contribution in [0.25, 0.3) is 0 Å². The van der Waals surface area contributed by atoms with E-state index in [1.807, 2.05) is 4.68 Å². The summed E-state index contributed by atoms with van der Waals surface area (Å²) in [6.45, 7) is 0. The van der Waals surface area contributed by atoms with Gasteiger partial charge < -0.3 is 5.73 Å². The minimum atomic E-state index is 0.362. The lowest BCUT2D eigenvalue weighted by Gasteiger charge is -2.14. The molecule has 5 heteroatoms. The Morgan fingerprint density at radius 2 is 1.86 bits per heavy atom. The van der Waals surface area contributed by atoms with Gasteiger partial charge in [0.2, 0.25) is 5.95 Å². The molecular formula is C9H15BrN4. The van der Waals surface area contributed by atoms with Gasteiger partial charge in [0.05, 0.1) is 6.04 Å². The average Bonchev–Trinajstić information content (AvgIpc) is 2.43. The molecule has 0 unspecified atom stereocenters. The molecule has 14 heavy (non-hydrogen) atoms. The minimum absolute atomic E-state index is 0.362. The van der Waals surface area contributed by atoms with Gasteiger partial charge in [0.15, 0.2) is 4.73 Å². The Balaban J connectivity index is 2.15. The number of hydrogen-bond acceptors (Lipinski definition) is 3. The molecule has 4 nitrogen and oxygen atoms in total. The second kappa shape index (κ2) is 4.29. The van der Waals surface area contributed by atoms with Crippen molar-refractivity contribution in [3.63, 3.8) is 0 Å². The van der Waals surface area contributed by atoms with E-state index in [0.717, 1.165) is 4.73 Å². The van der Waals surface area contributed by atoms with Crippen LogP contribution in [0.2, 0.25) is 0 Å². The van der Waals surface area contributed by atoms with Gasteiger partial charge in [0.25, 0.3) is 0 Å². The van der Waals surface area contributed by atoms with Gasteiger partial charge in [-0.2, -0.15) is 4.98 Å². The van der Waals surface area contributed by atoms with E-state index in [2.05, 4.69) is 26.0 Å². The quantitative estimate of drug-likeness (QED) is 0.788. The molecule has 0 aromatic carbocycles. The Bertz CT molecular complexity index is 302. The van der Waals surface area contributed by atoms with Crippen LogP contribution in [0.4, 0.5) is 5.95 Å². The highest BCUT2D eigenvalue weighted by Crippen LogP contribution is 2.28. The summed E-state index contributed by atoms with van der Waals surface area (Å²) < 4.78 is 2.70. The van der Waals surface area contributed by atoms with Crippen LogP contribution in [0.3, 0.4) is 0 Å². The normalized spacial score (nSPS) is 19.5. The molecule has 1 aliphatic carbocycles. The highest BCUT2D eigenvalue weighted by atomic mass is 79.9. The highest BCUT2D eigenvalue weighted by Gasteiger charge is 2.18. The fourth-order valence-electron chi connectivity index (χ4n) is 2.05. The number of nitrogens with two attached hydrogens (primary N) is 1. The Kier molecular flexibility index (Phi) is 3.05. The molecule has 0 spiro atoms. The second-order valence-corrected chi connectivity index (χ2v) is 4.54. The van der Waals surface area contributed by atoms with E-state index in [0.29, 0.717) is 12.0 Å². The van der Waals surface area contributed by atoms with Crippen LogP contribution in [0.5, 0.6) is 0 Å². The van der Waals surface area contributed by atoms with Crippen molar-refractivity contribution in [1.29, 1.82) is 0 Å². The maximum atomic E-state index is 5.55. The first-order valence-corrected chi connectivity index (χ1v) is 5.94. The van der Waals surface area contributed by atoms with Gasteiger partial charge in [0, 0.05) is 0 Å². The summed E-state index contributed by atoms with van der Waals surface area (Å²) in [5.74, 6) is 0.362. The SMILES string of the molecule is Nc1nc(Br)n(C2CCCCCC2)n1. The van der Waals surface area contributed by atoms with E-state index in [4.69, 9.17) is 5.73 Å². The van der Waals surface area contributed by atoms with Crippen molar-refractivity contribution in [3.8, 4) is 0 Å². The van der Waals surface area contributed by atoms with Crippen molar-refractivity contribution < 1.29 is 0 Å². The Morgan fingerprint density at radius 3 is 2.36 bits per heavy atom. The smallest absolute Gasteiger partial charge is 0.240 e. The van der Waals surface area contributed by atoms with Gasteiger partial charge in [0.1, 0.15) is 0 Å². The summed E-state index contributed by atoms with van der Waals surface area (Å²) in [5, 5.41) is 4.21. The van der Waals surface area contributed by atoms with Gasteiger partial charge in [-0.3, -0.25) is 0 Å². The molecule has 1 aromatic rings. The van der Waals surface area contributed by atoms with Crippen LogP contribution < -0.4 is 5.73 Å². The van der Waals surface area contributed by atoms with Crippen molar-refractivity contribution in [2.75, 3.05) is 5.73 Å². The standard InChI is InChI=1S/C9H15BrN4/c10-8-12-9(11)13-14(8)7-5-3-1-2-4-6-7/h7H,1-6H2,(H2,11,13). The molecule has 0 saturated heterocycles. The number of nitrogens with zero attached hydrogens (tertiary/aromatic N) is 3. The first kappa shape index (κ1) is 9.96. The molecule has 1 aromatic heterocycles. The van der Waals surface area contributed by atoms with Gasteiger partial charge in [-0.05, 0) is 28.8 Å². The first-order chi connectivity index (χ1) is 6.77. The molecule has 0 bridgehead atoms. The lowest BCUT2D eigenvalue weighted by molar-refractivity contribution is 0.398. The molecule has 0 amide bonds. The van der Waals surface area contributed by atoms with Crippen LogP contribution in [-0.4, -0.2) is 14.8 Å². The monoisotopic (exact) mass is 258 g/mol. The second-order valence-electron chi connectivity index (χ2n) is 3.83.